The number of rotatable bonds is 3. The Labute approximate surface area is 100.0 Å². The topological polar surface area (TPSA) is 45.0 Å². The van der Waals surface area contributed by atoms with Gasteiger partial charge in [0.2, 0.25) is 0 Å². The van der Waals surface area contributed by atoms with Gasteiger partial charge in [-0.3, -0.25) is 0 Å². The van der Waals surface area contributed by atoms with E-state index >= 15 is 0 Å². The third-order valence-electron chi connectivity index (χ3n) is 2.70. The largest absolute Gasteiger partial charge is 0.383 e. The Morgan fingerprint density at radius 2 is 2.44 bits per heavy atom. The number of benzene rings is 1. The standard InChI is InChI=1S/C12H13ClN2O/c13-11-2-1-9(6-14)5-12(11)15-7-10-3-4-16-8-10/h1-2,5,10,15H,3-4,7-8H2. The van der Waals surface area contributed by atoms with Crippen LogP contribution in [0.2, 0.25) is 5.02 Å². The number of ether oxygens (including phenoxy) is 1. The van der Waals surface area contributed by atoms with Crippen molar-refractivity contribution in [2.75, 3.05) is 25.1 Å². The summed E-state index contributed by atoms with van der Waals surface area (Å²) in [7, 11) is 0. The minimum atomic E-state index is 0.543. The third-order valence-corrected chi connectivity index (χ3v) is 3.03. The molecular formula is C12H13ClN2O. The van der Waals surface area contributed by atoms with E-state index in [-0.39, 0.29) is 0 Å². The third kappa shape index (κ3) is 2.66. The van der Waals surface area contributed by atoms with E-state index in [0.29, 0.717) is 16.5 Å². The maximum atomic E-state index is 8.79. The fourth-order valence-electron chi connectivity index (χ4n) is 1.73. The summed E-state index contributed by atoms with van der Waals surface area (Å²) in [5.74, 6) is 0.543. The SMILES string of the molecule is N#Cc1ccc(Cl)c(NCC2CCOC2)c1. The van der Waals surface area contributed by atoms with Gasteiger partial charge >= 0.3 is 0 Å². The molecule has 16 heavy (non-hydrogen) atoms. The van der Waals surface area contributed by atoms with Crippen LogP contribution in [0.4, 0.5) is 5.69 Å². The Hall–Kier alpha value is -1.24. The number of hydrogen-bond acceptors (Lipinski definition) is 3. The smallest absolute Gasteiger partial charge is 0.0992 e. The molecule has 1 aliphatic heterocycles. The fraction of sp³-hybridized carbons (Fsp3) is 0.417. The van der Waals surface area contributed by atoms with Crippen LogP contribution in [0.5, 0.6) is 0 Å². The van der Waals surface area contributed by atoms with E-state index in [4.69, 9.17) is 21.6 Å². The molecule has 1 saturated heterocycles. The number of halogens is 1. The van der Waals surface area contributed by atoms with Crippen molar-refractivity contribution in [1.29, 1.82) is 5.26 Å². The predicted molar refractivity (Wildman–Crippen MR) is 63.6 cm³/mol. The van der Waals surface area contributed by atoms with Crippen molar-refractivity contribution in [3.05, 3.63) is 28.8 Å². The van der Waals surface area contributed by atoms with Crippen molar-refractivity contribution in [2.24, 2.45) is 5.92 Å². The molecule has 84 valence electrons. The molecule has 1 heterocycles. The zero-order valence-electron chi connectivity index (χ0n) is 8.87. The Morgan fingerprint density at radius 1 is 1.56 bits per heavy atom. The van der Waals surface area contributed by atoms with Gasteiger partial charge in [0.05, 0.1) is 28.9 Å². The molecule has 0 amide bonds. The van der Waals surface area contributed by atoms with Crippen molar-refractivity contribution < 1.29 is 4.74 Å². The van der Waals surface area contributed by atoms with Crippen LogP contribution in [0.1, 0.15) is 12.0 Å². The summed E-state index contributed by atoms with van der Waals surface area (Å²) in [5, 5.41) is 12.7. The van der Waals surface area contributed by atoms with Gasteiger partial charge in [0, 0.05) is 19.1 Å². The van der Waals surface area contributed by atoms with Crippen LogP contribution in [0.3, 0.4) is 0 Å². The summed E-state index contributed by atoms with van der Waals surface area (Å²) in [6, 6.07) is 7.33. The first-order valence-electron chi connectivity index (χ1n) is 5.31. The molecule has 1 N–H and O–H groups in total. The molecular weight excluding hydrogens is 224 g/mol. The van der Waals surface area contributed by atoms with E-state index in [1.807, 2.05) is 0 Å². The van der Waals surface area contributed by atoms with Crippen LogP contribution in [0, 0.1) is 17.2 Å². The minimum absolute atomic E-state index is 0.543. The number of anilines is 1. The Bertz CT molecular complexity index is 408. The zero-order chi connectivity index (χ0) is 11.4. The van der Waals surface area contributed by atoms with Crippen molar-refractivity contribution in [2.45, 2.75) is 6.42 Å². The van der Waals surface area contributed by atoms with E-state index in [2.05, 4.69) is 11.4 Å². The average Bonchev–Trinajstić information content (AvgIpc) is 2.81. The second-order valence-electron chi connectivity index (χ2n) is 3.92. The van der Waals surface area contributed by atoms with Gasteiger partial charge in [-0.15, -0.1) is 0 Å². The lowest BCUT2D eigenvalue weighted by molar-refractivity contribution is 0.187. The molecule has 0 aliphatic carbocycles. The summed E-state index contributed by atoms with van der Waals surface area (Å²) >= 11 is 6.04. The molecule has 0 bridgehead atoms. The minimum Gasteiger partial charge on any atom is -0.383 e. The molecule has 3 nitrogen and oxygen atoms in total. The number of nitrogens with zero attached hydrogens (tertiary/aromatic N) is 1. The second-order valence-corrected chi connectivity index (χ2v) is 4.32. The van der Waals surface area contributed by atoms with Gasteiger partial charge in [-0.25, -0.2) is 0 Å². The van der Waals surface area contributed by atoms with Crippen LogP contribution < -0.4 is 5.32 Å². The fourth-order valence-corrected chi connectivity index (χ4v) is 1.91. The van der Waals surface area contributed by atoms with Gasteiger partial charge in [-0.1, -0.05) is 11.6 Å². The number of hydrogen-bond donors (Lipinski definition) is 1. The first-order chi connectivity index (χ1) is 7.79. The molecule has 1 unspecified atom stereocenters. The highest BCUT2D eigenvalue weighted by atomic mass is 35.5. The highest BCUT2D eigenvalue weighted by molar-refractivity contribution is 6.33. The highest BCUT2D eigenvalue weighted by Gasteiger charge is 2.15. The van der Waals surface area contributed by atoms with E-state index in [0.717, 1.165) is 31.9 Å². The molecule has 1 atom stereocenters. The molecule has 2 rings (SSSR count). The molecule has 0 spiro atoms. The normalized spacial score (nSPS) is 19.4. The number of nitrogens with one attached hydrogen (secondary N) is 1. The van der Waals surface area contributed by atoms with Crippen molar-refractivity contribution >= 4 is 17.3 Å². The summed E-state index contributed by atoms with van der Waals surface area (Å²) in [6.07, 6.45) is 1.09. The maximum Gasteiger partial charge on any atom is 0.0992 e. The maximum absolute atomic E-state index is 8.79. The van der Waals surface area contributed by atoms with Crippen LogP contribution in [0.15, 0.2) is 18.2 Å². The number of nitriles is 1. The molecule has 0 aromatic heterocycles. The summed E-state index contributed by atoms with van der Waals surface area (Å²) < 4.78 is 5.30. The average molecular weight is 237 g/mol. The van der Waals surface area contributed by atoms with E-state index < -0.39 is 0 Å². The van der Waals surface area contributed by atoms with Crippen LogP contribution in [-0.4, -0.2) is 19.8 Å². The molecule has 4 heteroatoms. The van der Waals surface area contributed by atoms with Crippen LogP contribution >= 0.6 is 11.6 Å². The summed E-state index contributed by atoms with van der Waals surface area (Å²) in [4.78, 5) is 0. The van der Waals surface area contributed by atoms with E-state index in [9.17, 15) is 0 Å². The second kappa shape index (κ2) is 5.20. The van der Waals surface area contributed by atoms with Gasteiger partial charge < -0.3 is 10.1 Å². The van der Waals surface area contributed by atoms with Crippen molar-refractivity contribution in [3.8, 4) is 6.07 Å². The van der Waals surface area contributed by atoms with Crippen molar-refractivity contribution in [3.63, 3.8) is 0 Å². The Kier molecular flexibility index (Phi) is 3.66. The van der Waals surface area contributed by atoms with Gasteiger partial charge in [-0.2, -0.15) is 5.26 Å². The quantitative estimate of drug-likeness (QED) is 0.878. The van der Waals surface area contributed by atoms with Crippen LogP contribution in [0.25, 0.3) is 0 Å². The Balaban J connectivity index is 2.00. The van der Waals surface area contributed by atoms with Gasteiger partial charge in [0.15, 0.2) is 0 Å². The molecule has 1 aromatic rings. The van der Waals surface area contributed by atoms with Gasteiger partial charge in [0.1, 0.15) is 0 Å². The molecule has 1 aromatic carbocycles. The molecule has 1 aliphatic rings. The van der Waals surface area contributed by atoms with Crippen molar-refractivity contribution in [1.82, 2.24) is 0 Å². The van der Waals surface area contributed by atoms with Gasteiger partial charge in [-0.05, 0) is 24.6 Å². The first kappa shape index (κ1) is 11.3. The molecule has 0 radical (unpaired) electrons. The Morgan fingerprint density at radius 3 is 3.12 bits per heavy atom. The van der Waals surface area contributed by atoms with E-state index in [1.54, 1.807) is 18.2 Å². The summed E-state index contributed by atoms with van der Waals surface area (Å²) in [5.41, 5.74) is 1.45. The first-order valence-corrected chi connectivity index (χ1v) is 5.68. The highest BCUT2D eigenvalue weighted by Crippen LogP contribution is 2.23. The van der Waals surface area contributed by atoms with Gasteiger partial charge in [0.25, 0.3) is 0 Å². The molecule has 0 saturated carbocycles. The predicted octanol–water partition coefficient (Wildman–Crippen LogP) is 2.66. The van der Waals surface area contributed by atoms with E-state index in [1.165, 1.54) is 0 Å². The zero-order valence-corrected chi connectivity index (χ0v) is 9.63. The molecule has 1 fully saturated rings. The lowest BCUT2D eigenvalue weighted by Crippen LogP contribution is -2.14. The van der Waals surface area contributed by atoms with Crippen LogP contribution in [-0.2, 0) is 4.74 Å². The lowest BCUT2D eigenvalue weighted by atomic mass is 10.1. The monoisotopic (exact) mass is 236 g/mol. The summed E-state index contributed by atoms with van der Waals surface area (Å²) in [6.45, 7) is 2.50. The lowest BCUT2D eigenvalue weighted by Gasteiger charge is -2.12.